The Kier molecular flexibility index (Phi) is 6.69. The molecule has 0 aromatic heterocycles. The monoisotopic (exact) mass is 251 g/mol. The lowest BCUT2D eigenvalue weighted by Gasteiger charge is -2.10. The SMILES string of the molecule is CCCNC(=O)CCCOc1ccccc1OC. The van der Waals surface area contributed by atoms with E-state index in [2.05, 4.69) is 5.32 Å². The van der Waals surface area contributed by atoms with Crippen molar-refractivity contribution in [1.29, 1.82) is 0 Å². The number of ether oxygens (including phenoxy) is 2. The van der Waals surface area contributed by atoms with E-state index in [-0.39, 0.29) is 5.91 Å². The summed E-state index contributed by atoms with van der Waals surface area (Å²) in [7, 11) is 1.61. The van der Waals surface area contributed by atoms with Gasteiger partial charge in [-0.1, -0.05) is 19.1 Å². The average molecular weight is 251 g/mol. The number of amides is 1. The molecule has 0 atom stereocenters. The molecule has 0 radical (unpaired) electrons. The van der Waals surface area contributed by atoms with Crippen LogP contribution in [-0.4, -0.2) is 26.2 Å². The number of carbonyl (C=O) groups is 1. The van der Waals surface area contributed by atoms with E-state index in [9.17, 15) is 4.79 Å². The fourth-order valence-electron chi connectivity index (χ4n) is 1.51. The van der Waals surface area contributed by atoms with Crippen LogP contribution < -0.4 is 14.8 Å². The van der Waals surface area contributed by atoms with Crippen LogP contribution in [0.4, 0.5) is 0 Å². The first-order valence-electron chi connectivity index (χ1n) is 6.30. The zero-order valence-electron chi connectivity index (χ0n) is 11.1. The first-order valence-corrected chi connectivity index (χ1v) is 6.30. The predicted octanol–water partition coefficient (Wildman–Crippen LogP) is 2.38. The van der Waals surface area contributed by atoms with Gasteiger partial charge in [-0.15, -0.1) is 0 Å². The van der Waals surface area contributed by atoms with Crippen LogP contribution >= 0.6 is 0 Å². The number of hydrogen-bond acceptors (Lipinski definition) is 3. The van der Waals surface area contributed by atoms with Gasteiger partial charge in [0, 0.05) is 13.0 Å². The van der Waals surface area contributed by atoms with Crippen LogP contribution in [0.1, 0.15) is 26.2 Å². The fourth-order valence-corrected chi connectivity index (χ4v) is 1.51. The summed E-state index contributed by atoms with van der Waals surface area (Å²) in [5, 5.41) is 2.83. The fraction of sp³-hybridized carbons (Fsp3) is 0.500. The lowest BCUT2D eigenvalue weighted by molar-refractivity contribution is -0.121. The summed E-state index contributed by atoms with van der Waals surface area (Å²) < 4.78 is 10.8. The van der Waals surface area contributed by atoms with Gasteiger partial charge in [0.15, 0.2) is 11.5 Å². The van der Waals surface area contributed by atoms with Gasteiger partial charge in [0.2, 0.25) is 5.91 Å². The molecule has 0 aliphatic heterocycles. The van der Waals surface area contributed by atoms with Gasteiger partial charge >= 0.3 is 0 Å². The Morgan fingerprint density at radius 3 is 2.67 bits per heavy atom. The summed E-state index contributed by atoms with van der Waals surface area (Å²) in [5.74, 6) is 1.52. The van der Waals surface area contributed by atoms with E-state index in [1.807, 2.05) is 31.2 Å². The molecular formula is C14H21NO3. The van der Waals surface area contributed by atoms with Gasteiger partial charge in [0.05, 0.1) is 13.7 Å². The summed E-state index contributed by atoms with van der Waals surface area (Å²) in [4.78, 5) is 11.3. The molecule has 18 heavy (non-hydrogen) atoms. The third kappa shape index (κ3) is 5.08. The summed E-state index contributed by atoms with van der Waals surface area (Å²) in [6.45, 7) is 3.29. The Bertz CT molecular complexity index is 366. The van der Waals surface area contributed by atoms with Crippen molar-refractivity contribution < 1.29 is 14.3 Å². The minimum absolute atomic E-state index is 0.0838. The topological polar surface area (TPSA) is 47.6 Å². The maximum absolute atomic E-state index is 11.3. The highest BCUT2D eigenvalue weighted by molar-refractivity contribution is 5.75. The third-order valence-corrected chi connectivity index (χ3v) is 2.45. The molecule has 1 aromatic carbocycles. The maximum atomic E-state index is 11.3. The van der Waals surface area contributed by atoms with Crippen LogP contribution in [0.25, 0.3) is 0 Å². The maximum Gasteiger partial charge on any atom is 0.220 e. The molecule has 0 heterocycles. The molecule has 0 aliphatic carbocycles. The molecule has 100 valence electrons. The first-order chi connectivity index (χ1) is 8.77. The standard InChI is InChI=1S/C14H21NO3/c1-3-10-15-14(16)9-6-11-18-13-8-5-4-7-12(13)17-2/h4-5,7-8H,3,6,9-11H2,1-2H3,(H,15,16). The molecule has 0 bridgehead atoms. The zero-order valence-corrected chi connectivity index (χ0v) is 11.1. The van der Waals surface area contributed by atoms with Crippen LogP contribution in [0.15, 0.2) is 24.3 Å². The Morgan fingerprint density at radius 1 is 1.28 bits per heavy atom. The van der Waals surface area contributed by atoms with Crippen molar-refractivity contribution in [1.82, 2.24) is 5.32 Å². The van der Waals surface area contributed by atoms with E-state index in [0.717, 1.165) is 13.0 Å². The van der Waals surface area contributed by atoms with Crippen LogP contribution in [-0.2, 0) is 4.79 Å². The molecule has 0 aliphatic rings. The molecule has 0 saturated heterocycles. The van der Waals surface area contributed by atoms with Crippen molar-refractivity contribution in [3.63, 3.8) is 0 Å². The second-order valence-electron chi connectivity index (χ2n) is 3.95. The van der Waals surface area contributed by atoms with Crippen LogP contribution in [0.3, 0.4) is 0 Å². The molecule has 0 saturated carbocycles. The van der Waals surface area contributed by atoms with Crippen LogP contribution in [0.2, 0.25) is 0 Å². The number of carbonyl (C=O) groups excluding carboxylic acids is 1. The van der Waals surface area contributed by atoms with Crippen LogP contribution in [0.5, 0.6) is 11.5 Å². The molecule has 1 amide bonds. The Labute approximate surface area is 108 Å². The highest BCUT2D eigenvalue weighted by Gasteiger charge is 2.03. The Balaban J connectivity index is 2.23. The van der Waals surface area contributed by atoms with E-state index in [1.165, 1.54) is 0 Å². The van der Waals surface area contributed by atoms with E-state index >= 15 is 0 Å². The van der Waals surface area contributed by atoms with Gasteiger partial charge in [-0.3, -0.25) is 4.79 Å². The van der Waals surface area contributed by atoms with Crippen molar-refractivity contribution in [3.05, 3.63) is 24.3 Å². The lowest BCUT2D eigenvalue weighted by atomic mass is 10.3. The molecular weight excluding hydrogens is 230 g/mol. The van der Waals surface area contributed by atoms with Gasteiger partial charge in [-0.05, 0) is 25.0 Å². The summed E-state index contributed by atoms with van der Waals surface area (Å²) >= 11 is 0. The molecule has 0 spiro atoms. The lowest BCUT2D eigenvalue weighted by Crippen LogP contribution is -2.24. The molecule has 1 rings (SSSR count). The molecule has 4 nitrogen and oxygen atoms in total. The van der Waals surface area contributed by atoms with Gasteiger partial charge in [0.1, 0.15) is 0 Å². The largest absolute Gasteiger partial charge is 0.493 e. The Hall–Kier alpha value is -1.71. The van der Waals surface area contributed by atoms with Crippen molar-refractivity contribution >= 4 is 5.91 Å². The normalized spacial score (nSPS) is 9.89. The van der Waals surface area contributed by atoms with E-state index in [1.54, 1.807) is 7.11 Å². The van der Waals surface area contributed by atoms with E-state index in [4.69, 9.17) is 9.47 Å². The second-order valence-corrected chi connectivity index (χ2v) is 3.95. The summed E-state index contributed by atoms with van der Waals surface area (Å²) in [6.07, 6.45) is 2.16. The first kappa shape index (κ1) is 14.4. The van der Waals surface area contributed by atoms with Gasteiger partial charge in [-0.2, -0.15) is 0 Å². The highest BCUT2D eigenvalue weighted by atomic mass is 16.5. The van der Waals surface area contributed by atoms with Crippen molar-refractivity contribution in [2.24, 2.45) is 0 Å². The third-order valence-electron chi connectivity index (χ3n) is 2.45. The average Bonchev–Trinajstić information content (AvgIpc) is 2.41. The smallest absolute Gasteiger partial charge is 0.220 e. The van der Waals surface area contributed by atoms with Crippen molar-refractivity contribution in [2.45, 2.75) is 26.2 Å². The molecule has 4 heteroatoms. The molecule has 1 aromatic rings. The molecule has 1 N–H and O–H groups in total. The number of hydrogen-bond donors (Lipinski definition) is 1. The molecule has 0 unspecified atom stereocenters. The number of rotatable bonds is 8. The summed E-state index contributed by atoms with van der Waals surface area (Å²) in [5.41, 5.74) is 0. The quantitative estimate of drug-likeness (QED) is 0.722. The van der Waals surface area contributed by atoms with Crippen molar-refractivity contribution in [3.8, 4) is 11.5 Å². The minimum Gasteiger partial charge on any atom is -0.493 e. The second kappa shape index (κ2) is 8.39. The van der Waals surface area contributed by atoms with Crippen LogP contribution in [0, 0.1) is 0 Å². The predicted molar refractivity (Wildman–Crippen MR) is 71.0 cm³/mol. The number of para-hydroxylation sites is 2. The van der Waals surface area contributed by atoms with E-state index in [0.29, 0.717) is 30.9 Å². The van der Waals surface area contributed by atoms with Crippen molar-refractivity contribution in [2.75, 3.05) is 20.3 Å². The number of benzene rings is 1. The summed E-state index contributed by atoms with van der Waals surface area (Å²) in [6, 6.07) is 7.50. The van der Waals surface area contributed by atoms with Gasteiger partial charge in [-0.25, -0.2) is 0 Å². The number of methoxy groups -OCH3 is 1. The van der Waals surface area contributed by atoms with Gasteiger partial charge < -0.3 is 14.8 Å². The number of nitrogens with one attached hydrogen (secondary N) is 1. The highest BCUT2D eigenvalue weighted by Crippen LogP contribution is 2.25. The van der Waals surface area contributed by atoms with E-state index < -0.39 is 0 Å². The Morgan fingerprint density at radius 2 is 2.00 bits per heavy atom. The van der Waals surface area contributed by atoms with Gasteiger partial charge in [0.25, 0.3) is 0 Å². The molecule has 0 fully saturated rings. The minimum atomic E-state index is 0.0838. The zero-order chi connectivity index (χ0) is 13.2.